The molecule has 2 rings (SSSR count). The first kappa shape index (κ1) is 10.8. The summed E-state index contributed by atoms with van der Waals surface area (Å²) in [5, 5.41) is 8.76. The minimum absolute atomic E-state index is 0.237. The van der Waals surface area contributed by atoms with Gasteiger partial charge in [0.25, 0.3) is 0 Å². The number of ether oxygens (including phenoxy) is 1. The fourth-order valence-electron chi connectivity index (χ4n) is 1.23. The first-order valence-electron chi connectivity index (χ1n) is 4.63. The quantitative estimate of drug-likeness (QED) is 0.889. The van der Waals surface area contributed by atoms with Crippen molar-refractivity contribution in [3.05, 3.63) is 35.1 Å². The highest BCUT2D eigenvalue weighted by atomic mass is 32.1. The van der Waals surface area contributed by atoms with Crippen LogP contribution in [-0.2, 0) is 6.54 Å². The standard InChI is InChI=1S/C10H10FN3OS/c1-15-10-3-2-7(4-9(10)11)12-5-8-6-16-14-13-8/h2-4,6,12H,5H2,1H3. The monoisotopic (exact) mass is 239 g/mol. The SMILES string of the molecule is COc1ccc(NCc2csnn2)cc1F. The normalized spacial score (nSPS) is 10.1. The Hall–Kier alpha value is -1.69. The zero-order valence-corrected chi connectivity index (χ0v) is 9.42. The Bertz CT molecular complexity index is 461. The number of nitrogens with one attached hydrogen (secondary N) is 1. The maximum absolute atomic E-state index is 13.3. The van der Waals surface area contributed by atoms with Crippen LogP contribution in [0.5, 0.6) is 5.75 Å². The van der Waals surface area contributed by atoms with Gasteiger partial charge in [-0.05, 0) is 23.7 Å². The Morgan fingerprint density at radius 3 is 3.00 bits per heavy atom. The van der Waals surface area contributed by atoms with Crippen molar-refractivity contribution in [2.24, 2.45) is 0 Å². The van der Waals surface area contributed by atoms with E-state index in [0.29, 0.717) is 12.2 Å². The lowest BCUT2D eigenvalue weighted by Crippen LogP contribution is -2.00. The van der Waals surface area contributed by atoms with E-state index in [-0.39, 0.29) is 11.6 Å². The molecule has 6 heteroatoms. The van der Waals surface area contributed by atoms with Gasteiger partial charge in [-0.2, -0.15) is 0 Å². The minimum atomic E-state index is -0.385. The third-order valence-corrected chi connectivity index (χ3v) is 2.58. The van der Waals surface area contributed by atoms with Crippen molar-refractivity contribution in [2.75, 3.05) is 12.4 Å². The van der Waals surface area contributed by atoms with Crippen LogP contribution in [0.3, 0.4) is 0 Å². The highest BCUT2D eigenvalue weighted by Crippen LogP contribution is 2.20. The molecule has 0 radical (unpaired) electrons. The van der Waals surface area contributed by atoms with E-state index in [4.69, 9.17) is 4.74 Å². The number of aromatic nitrogens is 2. The maximum atomic E-state index is 13.3. The largest absolute Gasteiger partial charge is 0.494 e. The highest BCUT2D eigenvalue weighted by molar-refractivity contribution is 7.03. The fraction of sp³-hybridized carbons (Fsp3) is 0.200. The number of anilines is 1. The number of methoxy groups -OCH3 is 1. The molecule has 0 aliphatic carbocycles. The molecule has 1 N–H and O–H groups in total. The van der Waals surface area contributed by atoms with Gasteiger partial charge in [0.1, 0.15) is 0 Å². The van der Waals surface area contributed by atoms with Crippen LogP contribution < -0.4 is 10.1 Å². The van der Waals surface area contributed by atoms with Crippen LogP contribution >= 0.6 is 11.5 Å². The van der Waals surface area contributed by atoms with Crippen molar-refractivity contribution in [1.29, 1.82) is 0 Å². The summed E-state index contributed by atoms with van der Waals surface area (Å²) in [6, 6.07) is 4.72. The first-order valence-corrected chi connectivity index (χ1v) is 5.46. The molecule has 0 spiro atoms. The van der Waals surface area contributed by atoms with Gasteiger partial charge in [0.05, 0.1) is 19.3 Å². The Morgan fingerprint density at radius 2 is 2.38 bits per heavy atom. The van der Waals surface area contributed by atoms with Crippen molar-refractivity contribution >= 4 is 17.2 Å². The van der Waals surface area contributed by atoms with Crippen molar-refractivity contribution in [3.8, 4) is 5.75 Å². The van der Waals surface area contributed by atoms with Crippen molar-refractivity contribution < 1.29 is 9.13 Å². The van der Waals surface area contributed by atoms with Gasteiger partial charge in [-0.15, -0.1) is 5.10 Å². The second kappa shape index (κ2) is 4.89. The van der Waals surface area contributed by atoms with Gasteiger partial charge in [-0.25, -0.2) is 4.39 Å². The Kier molecular flexibility index (Phi) is 3.31. The summed E-state index contributed by atoms with van der Waals surface area (Å²) in [6.07, 6.45) is 0. The van der Waals surface area contributed by atoms with E-state index in [1.165, 1.54) is 24.7 Å². The molecule has 0 aliphatic rings. The molecule has 4 nitrogen and oxygen atoms in total. The summed E-state index contributed by atoms with van der Waals surface area (Å²) in [7, 11) is 1.44. The topological polar surface area (TPSA) is 47.0 Å². The predicted octanol–water partition coefficient (Wildman–Crippen LogP) is 2.30. The molecule has 0 fully saturated rings. The molecule has 1 aromatic heterocycles. The Balaban J connectivity index is 2.02. The number of hydrogen-bond acceptors (Lipinski definition) is 5. The average Bonchev–Trinajstić information content (AvgIpc) is 2.79. The lowest BCUT2D eigenvalue weighted by molar-refractivity contribution is 0.386. The van der Waals surface area contributed by atoms with Crippen molar-refractivity contribution in [2.45, 2.75) is 6.54 Å². The smallest absolute Gasteiger partial charge is 0.167 e. The number of halogens is 1. The Labute approximate surface area is 96.2 Å². The van der Waals surface area contributed by atoms with E-state index in [9.17, 15) is 4.39 Å². The van der Waals surface area contributed by atoms with Gasteiger partial charge in [0.15, 0.2) is 11.6 Å². The van der Waals surface area contributed by atoms with Crippen LogP contribution in [0.2, 0.25) is 0 Å². The maximum Gasteiger partial charge on any atom is 0.167 e. The number of benzene rings is 1. The third-order valence-electron chi connectivity index (χ3n) is 2.03. The molecular formula is C10H10FN3OS. The Morgan fingerprint density at radius 1 is 1.50 bits per heavy atom. The molecule has 0 atom stereocenters. The molecular weight excluding hydrogens is 229 g/mol. The molecule has 2 aromatic rings. The van der Waals surface area contributed by atoms with Gasteiger partial charge in [-0.1, -0.05) is 4.49 Å². The highest BCUT2D eigenvalue weighted by Gasteiger charge is 2.03. The molecule has 1 aromatic carbocycles. The van der Waals surface area contributed by atoms with Crippen LogP contribution in [0.4, 0.5) is 10.1 Å². The summed E-state index contributed by atoms with van der Waals surface area (Å²) >= 11 is 1.29. The summed E-state index contributed by atoms with van der Waals surface area (Å²) in [4.78, 5) is 0. The molecule has 0 unspecified atom stereocenters. The predicted molar refractivity (Wildman–Crippen MR) is 60.2 cm³/mol. The lowest BCUT2D eigenvalue weighted by Gasteiger charge is -2.06. The molecule has 0 amide bonds. The average molecular weight is 239 g/mol. The number of nitrogens with zero attached hydrogens (tertiary/aromatic N) is 2. The van der Waals surface area contributed by atoms with E-state index < -0.39 is 0 Å². The van der Waals surface area contributed by atoms with E-state index >= 15 is 0 Å². The molecule has 0 aliphatic heterocycles. The molecule has 0 saturated heterocycles. The second-order valence-corrected chi connectivity index (χ2v) is 3.71. The van der Waals surface area contributed by atoms with Gasteiger partial charge in [0.2, 0.25) is 0 Å². The number of hydrogen-bond donors (Lipinski definition) is 1. The zero-order chi connectivity index (χ0) is 11.4. The van der Waals surface area contributed by atoms with E-state index in [1.54, 1.807) is 12.1 Å². The fourth-order valence-corrected chi connectivity index (χ4v) is 1.68. The van der Waals surface area contributed by atoms with Gasteiger partial charge >= 0.3 is 0 Å². The van der Waals surface area contributed by atoms with Gasteiger partial charge in [-0.3, -0.25) is 0 Å². The minimum Gasteiger partial charge on any atom is -0.494 e. The van der Waals surface area contributed by atoms with Crippen LogP contribution in [0.25, 0.3) is 0 Å². The summed E-state index contributed by atoms with van der Waals surface area (Å²) in [5.74, 6) is -0.148. The van der Waals surface area contributed by atoms with Gasteiger partial charge < -0.3 is 10.1 Å². The third kappa shape index (κ3) is 2.46. The van der Waals surface area contributed by atoms with Crippen molar-refractivity contribution in [3.63, 3.8) is 0 Å². The van der Waals surface area contributed by atoms with Crippen LogP contribution in [0.15, 0.2) is 23.6 Å². The summed E-state index contributed by atoms with van der Waals surface area (Å²) in [6.45, 7) is 0.530. The van der Waals surface area contributed by atoms with Crippen LogP contribution in [0.1, 0.15) is 5.69 Å². The molecule has 1 heterocycles. The van der Waals surface area contributed by atoms with Gasteiger partial charge in [0, 0.05) is 17.1 Å². The first-order chi connectivity index (χ1) is 7.79. The van der Waals surface area contributed by atoms with Crippen LogP contribution in [0, 0.1) is 5.82 Å². The van der Waals surface area contributed by atoms with Crippen LogP contribution in [-0.4, -0.2) is 16.7 Å². The zero-order valence-electron chi connectivity index (χ0n) is 8.61. The van der Waals surface area contributed by atoms with E-state index in [2.05, 4.69) is 14.9 Å². The lowest BCUT2D eigenvalue weighted by atomic mass is 10.3. The second-order valence-electron chi connectivity index (χ2n) is 3.10. The summed E-state index contributed by atoms with van der Waals surface area (Å²) < 4.78 is 21.9. The molecule has 16 heavy (non-hydrogen) atoms. The number of rotatable bonds is 4. The van der Waals surface area contributed by atoms with E-state index in [1.807, 2.05) is 5.38 Å². The van der Waals surface area contributed by atoms with E-state index in [0.717, 1.165) is 5.69 Å². The molecule has 84 valence electrons. The molecule has 0 bridgehead atoms. The summed E-state index contributed by atoms with van der Waals surface area (Å²) in [5.41, 5.74) is 1.52. The molecule has 0 saturated carbocycles. The van der Waals surface area contributed by atoms with Crippen molar-refractivity contribution in [1.82, 2.24) is 9.59 Å².